The lowest BCUT2D eigenvalue weighted by atomic mass is 10.1. The van der Waals surface area contributed by atoms with Crippen LogP contribution in [0.15, 0.2) is 40.1 Å². The molecule has 0 radical (unpaired) electrons. The van der Waals surface area contributed by atoms with Crippen molar-refractivity contribution in [1.29, 1.82) is 0 Å². The Labute approximate surface area is 160 Å². The number of hydrogen-bond acceptors (Lipinski definition) is 7. The average Bonchev–Trinajstić information content (AvgIpc) is 2.68. The van der Waals surface area contributed by atoms with Crippen molar-refractivity contribution in [2.75, 3.05) is 20.8 Å². The summed E-state index contributed by atoms with van der Waals surface area (Å²) in [6.45, 7) is 0.798. The quantitative estimate of drug-likeness (QED) is 0.605. The van der Waals surface area contributed by atoms with Crippen LogP contribution < -0.4 is 26.0 Å². The molecule has 1 aromatic carbocycles. The molecule has 1 amide bonds. The molecule has 0 saturated heterocycles. The maximum Gasteiger partial charge on any atom is 0.328 e. The van der Waals surface area contributed by atoms with Gasteiger partial charge in [0.05, 0.1) is 20.3 Å². The van der Waals surface area contributed by atoms with E-state index in [9.17, 15) is 19.2 Å². The fourth-order valence-electron chi connectivity index (χ4n) is 2.44. The monoisotopic (exact) mass is 391 g/mol. The topological polar surface area (TPSA) is 129 Å². The first-order valence-corrected chi connectivity index (χ1v) is 8.30. The molecular weight excluding hydrogens is 370 g/mol. The molecule has 1 atom stereocenters. The predicted octanol–water partition coefficient (Wildman–Crippen LogP) is -0.0256. The van der Waals surface area contributed by atoms with Crippen molar-refractivity contribution in [3.63, 3.8) is 0 Å². The Hall–Kier alpha value is -3.56. The zero-order chi connectivity index (χ0) is 20.7. The highest BCUT2D eigenvalue weighted by atomic mass is 16.5. The van der Waals surface area contributed by atoms with Crippen LogP contribution >= 0.6 is 0 Å². The van der Waals surface area contributed by atoms with Crippen LogP contribution in [0.25, 0.3) is 0 Å². The number of aromatic amines is 1. The Kier molecular flexibility index (Phi) is 6.96. The molecule has 0 unspecified atom stereocenters. The Morgan fingerprint density at radius 2 is 1.93 bits per heavy atom. The van der Waals surface area contributed by atoms with Gasteiger partial charge < -0.3 is 19.5 Å². The van der Waals surface area contributed by atoms with Crippen LogP contribution in [0.3, 0.4) is 0 Å². The molecule has 0 fully saturated rings. The van der Waals surface area contributed by atoms with Gasteiger partial charge in [-0.15, -0.1) is 0 Å². The second-order valence-electron chi connectivity index (χ2n) is 5.80. The number of methoxy groups -OCH3 is 2. The van der Waals surface area contributed by atoms with Gasteiger partial charge in [0.25, 0.3) is 11.5 Å². The van der Waals surface area contributed by atoms with E-state index >= 15 is 0 Å². The van der Waals surface area contributed by atoms with E-state index in [1.165, 1.54) is 20.4 Å². The van der Waals surface area contributed by atoms with E-state index in [1.807, 2.05) is 4.98 Å². The van der Waals surface area contributed by atoms with Crippen molar-refractivity contribution in [3.8, 4) is 11.5 Å². The molecule has 2 N–H and O–H groups in total. The van der Waals surface area contributed by atoms with Gasteiger partial charge in [-0.2, -0.15) is 0 Å². The number of nitrogens with one attached hydrogen (secondary N) is 2. The molecule has 0 spiro atoms. The van der Waals surface area contributed by atoms with Gasteiger partial charge >= 0.3 is 11.7 Å². The van der Waals surface area contributed by atoms with E-state index in [1.54, 1.807) is 25.1 Å². The summed E-state index contributed by atoms with van der Waals surface area (Å²) in [5.74, 6) is -0.145. The zero-order valence-corrected chi connectivity index (χ0v) is 15.7. The fourth-order valence-corrected chi connectivity index (χ4v) is 2.44. The number of rotatable bonds is 8. The summed E-state index contributed by atoms with van der Waals surface area (Å²) in [5.41, 5.74) is -0.620. The Bertz CT molecular complexity index is 964. The highest BCUT2D eigenvalue weighted by Crippen LogP contribution is 2.29. The van der Waals surface area contributed by atoms with Crippen LogP contribution in [0, 0.1) is 0 Å². The van der Waals surface area contributed by atoms with Crippen molar-refractivity contribution < 1.29 is 23.8 Å². The van der Waals surface area contributed by atoms with Crippen LogP contribution in [0.5, 0.6) is 11.5 Å². The number of benzene rings is 1. The molecule has 0 aliphatic carbocycles. The third-order valence-electron chi connectivity index (χ3n) is 3.84. The van der Waals surface area contributed by atoms with Gasteiger partial charge in [0, 0.05) is 17.8 Å². The molecular formula is C18H21N3O7. The maximum absolute atomic E-state index is 12.1. The minimum atomic E-state index is -0.795. The van der Waals surface area contributed by atoms with Crippen LogP contribution in [0.1, 0.15) is 18.5 Å². The molecule has 28 heavy (non-hydrogen) atoms. The van der Waals surface area contributed by atoms with Crippen molar-refractivity contribution >= 4 is 11.9 Å². The third kappa shape index (κ3) is 5.47. The molecule has 0 bridgehead atoms. The number of aromatic nitrogens is 2. The van der Waals surface area contributed by atoms with Gasteiger partial charge in [-0.05, 0) is 25.1 Å². The fraction of sp³-hybridized carbons (Fsp3) is 0.333. The molecule has 2 rings (SSSR count). The molecule has 150 valence electrons. The van der Waals surface area contributed by atoms with E-state index in [0.717, 1.165) is 10.6 Å². The minimum absolute atomic E-state index is 0.428. The van der Waals surface area contributed by atoms with Crippen molar-refractivity contribution in [1.82, 2.24) is 14.9 Å². The standard InChI is InChI=1S/C18H21N3O7/c1-11(13-8-12(26-2)4-5-14(13)27-3)19-16(23)10-28-17(24)9-21-7-6-15(22)20-18(21)25/h4-8,11H,9-10H2,1-3H3,(H,19,23)(H,20,22,25)/t11-/m0/s1. The normalized spacial score (nSPS) is 11.4. The van der Waals surface area contributed by atoms with Crippen molar-refractivity contribution in [2.45, 2.75) is 19.5 Å². The summed E-state index contributed by atoms with van der Waals surface area (Å²) in [5, 5.41) is 2.69. The first-order valence-electron chi connectivity index (χ1n) is 8.30. The molecule has 0 saturated carbocycles. The smallest absolute Gasteiger partial charge is 0.328 e. The number of carbonyl (C=O) groups excluding carboxylic acids is 2. The molecule has 1 aromatic heterocycles. The van der Waals surface area contributed by atoms with Gasteiger partial charge in [0.2, 0.25) is 0 Å². The van der Waals surface area contributed by atoms with Gasteiger partial charge in [0.15, 0.2) is 6.61 Å². The zero-order valence-electron chi connectivity index (χ0n) is 15.7. The van der Waals surface area contributed by atoms with E-state index < -0.39 is 42.3 Å². The van der Waals surface area contributed by atoms with Crippen LogP contribution in [-0.4, -0.2) is 42.3 Å². The number of ether oxygens (including phenoxy) is 3. The molecule has 0 aliphatic heterocycles. The Balaban J connectivity index is 1.92. The molecule has 10 nitrogen and oxygen atoms in total. The second-order valence-corrected chi connectivity index (χ2v) is 5.80. The molecule has 1 heterocycles. The summed E-state index contributed by atoms with van der Waals surface area (Å²) < 4.78 is 16.3. The number of carbonyl (C=O) groups is 2. The highest BCUT2D eigenvalue weighted by Gasteiger charge is 2.16. The summed E-state index contributed by atoms with van der Waals surface area (Å²) in [6, 6.07) is 5.86. The number of H-pyrrole nitrogens is 1. The lowest BCUT2D eigenvalue weighted by molar-refractivity contribution is -0.149. The van der Waals surface area contributed by atoms with Gasteiger partial charge in [-0.1, -0.05) is 0 Å². The van der Waals surface area contributed by atoms with Crippen molar-refractivity contribution in [2.24, 2.45) is 0 Å². The molecule has 2 aromatic rings. The van der Waals surface area contributed by atoms with E-state index in [4.69, 9.17) is 14.2 Å². The highest BCUT2D eigenvalue weighted by molar-refractivity contribution is 5.80. The summed E-state index contributed by atoms with van der Waals surface area (Å²) in [7, 11) is 3.04. The SMILES string of the molecule is COc1ccc(OC)c([C@H](C)NC(=O)COC(=O)Cn2ccc(=O)[nH]c2=O)c1. The van der Waals surface area contributed by atoms with Gasteiger partial charge in [0.1, 0.15) is 18.0 Å². The number of esters is 1. The minimum Gasteiger partial charge on any atom is -0.497 e. The lowest BCUT2D eigenvalue weighted by Gasteiger charge is -2.18. The van der Waals surface area contributed by atoms with Crippen molar-refractivity contribution in [3.05, 3.63) is 56.9 Å². The number of nitrogens with zero attached hydrogens (tertiary/aromatic N) is 1. The van der Waals surface area contributed by atoms with E-state index in [-0.39, 0.29) is 0 Å². The summed E-state index contributed by atoms with van der Waals surface area (Å²) in [6.07, 6.45) is 1.17. The lowest BCUT2D eigenvalue weighted by Crippen LogP contribution is -2.34. The number of amides is 1. The first kappa shape index (κ1) is 20.7. The van der Waals surface area contributed by atoms with Gasteiger partial charge in [-0.25, -0.2) is 4.79 Å². The van der Waals surface area contributed by atoms with Crippen LogP contribution in [-0.2, 0) is 20.9 Å². The van der Waals surface area contributed by atoms with E-state index in [2.05, 4.69) is 5.32 Å². The molecule has 0 aliphatic rings. The first-order chi connectivity index (χ1) is 13.3. The average molecular weight is 391 g/mol. The maximum atomic E-state index is 12.1. The Morgan fingerprint density at radius 3 is 2.57 bits per heavy atom. The third-order valence-corrected chi connectivity index (χ3v) is 3.84. The van der Waals surface area contributed by atoms with Crippen LogP contribution in [0.4, 0.5) is 0 Å². The Morgan fingerprint density at radius 1 is 1.18 bits per heavy atom. The summed E-state index contributed by atoms with van der Waals surface area (Å²) in [4.78, 5) is 48.4. The second kappa shape index (κ2) is 9.40. The van der Waals surface area contributed by atoms with Gasteiger partial charge in [-0.3, -0.25) is 23.9 Å². The van der Waals surface area contributed by atoms with E-state index in [0.29, 0.717) is 17.1 Å². The predicted molar refractivity (Wildman–Crippen MR) is 98.4 cm³/mol. The number of hydrogen-bond donors (Lipinski definition) is 2. The largest absolute Gasteiger partial charge is 0.497 e. The summed E-state index contributed by atoms with van der Waals surface area (Å²) >= 11 is 0. The van der Waals surface area contributed by atoms with Crippen LogP contribution in [0.2, 0.25) is 0 Å². The molecule has 10 heteroatoms.